The molecule has 3 rings (SSSR count). The maximum Gasteiger partial charge on any atom is 0.338 e. The fourth-order valence-electron chi connectivity index (χ4n) is 4.01. The molecule has 7 heteroatoms. The number of amides is 2. The molecule has 142 valence electrons. The van der Waals surface area contributed by atoms with Gasteiger partial charge in [0.1, 0.15) is 11.8 Å². The fourth-order valence-corrected chi connectivity index (χ4v) is 4.01. The minimum absolute atomic E-state index is 0.270. The summed E-state index contributed by atoms with van der Waals surface area (Å²) in [5, 5.41) is 5.59. The number of hydrogen-bond acceptors (Lipinski definition) is 5. The van der Waals surface area contributed by atoms with Gasteiger partial charge in [0, 0.05) is 25.3 Å². The minimum atomic E-state index is -0.646. The van der Waals surface area contributed by atoms with Crippen LogP contribution in [0.2, 0.25) is 0 Å². The number of urea groups is 1. The fraction of sp³-hybridized carbons (Fsp3) is 0.579. The Labute approximate surface area is 153 Å². The van der Waals surface area contributed by atoms with E-state index in [9.17, 15) is 9.59 Å². The van der Waals surface area contributed by atoms with Crippen molar-refractivity contribution >= 4 is 12.0 Å². The number of carbonyl (C=O) groups excluding carboxylic acids is 2. The number of nitrogens with zero attached hydrogens (tertiary/aromatic N) is 1. The van der Waals surface area contributed by atoms with Crippen molar-refractivity contribution in [1.82, 2.24) is 15.5 Å². The van der Waals surface area contributed by atoms with Gasteiger partial charge in [-0.05, 0) is 37.3 Å². The van der Waals surface area contributed by atoms with Gasteiger partial charge in [-0.15, -0.1) is 0 Å². The first-order valence-electron chi connectivity index (χ1n) is 9.21. The van der Waals surface area contributed by atoms with Crippen LogP contribution in [0.1, 0.15) is 39.0 Å². The Morgan fingerprint density at radius 2 is 2.08 bits per heavy atom. The first-order valence-corrected chi connectivity index (χ1v) is 9.21. The molecular formula is C19H27N3O4. The van der Waals surface area contributed by atoms with E-state index in [1.165, 1.54) is 12.7 Å². The van der Waals surface area contributed by atoms with Crippen LogP contribution in [0, 0.1) is 11.8 Å². The summed E-state index contributed by atoms with van der Waals surface area (Å²) in [6.45, 7) is 8.89. The molecule has 2 aliphatic heterocycles. The molecule has 0 spiro atoms. The van der Waals surface area contributed by atoms with E-state index in [0.717, 1.165) is 13.1 Å². The predicted molar refractivity (Wildman–Crippen MR) is 96.2 cm³/mol. The third-order valence-corrected chi connectivity index (χ3v) is 4.80. The number of likely N-dealkylation sites (tertiary alicyclic amines) is 1. The van der Waals surface area contributed by atoms with Crippen LogP contribution >= 0.6 is 0 Å². The predicted octanol–water partition coefficient (Wildman–Crippen LogP) is 2.43. The van der Waals surface area contributed by atoms with Crippen LogP contribution in [-0.2, 0) is 9.53 Å². The molecule has 0 aromatic carbocycles. The Hall–Kier alpha value is -2.28. The quantitative estimate of drug-likeness (QED) is 0.787. The summed E-state index contributed by atoms with van der Waals surface area (Å²) < 4.78 is 10.7. The van der Waals surface area contributed by atoms with Crippen LogP contribution in [0.5, 0.6) is 0 Å². The molecule has 0 radical (unpaired) electrons. The highest BCUT2D eigenvalue weighted by Crippen LogP contribution is 2.29. The SMILES string of the molecule is CCOC(=O)C1=C(CN2C[C@H](C)C[C@H](C)C2)NC(=O)N[C@@H]1c1ccco1. The summed E-state index contributed by atoms with van der Waals surface area (Å²) in [5.74, 6) is 1.25. The Kier molecular flexibility index (Phi) is 5.66. The first kappa shape index (κ1) is 18.5. The second kappa shape index (κ2) is 7.95. The van der Waals surface area contributed by atoms with Crippen molar-refractivity contribution in [1.29, 1.82) is 0 Å². The van der Waals surface area contributed by atoms with Gasteiger partial charge in [0.25, 0.3) is 0 Å². The molecule has 0 aliphatic carbocycles. The molecule has 26 heavy (non-hydrogen) atoms. The van der Waals surface area contributed by atoms with E-state index in [2.05, 4.69) is 29.4 Å². The summed E-state index contributed by atoms with van der Waals surface area (Å²) >= 11 is 0. The molecule has 0 saturated carbocycles. The molecule has 3 atom stereocenters. The summed E-state index contributed by atoms with van der Waals surface area (Å²) in [4.78, 5) is 27.2. The van der Waals surface area contributed by atoms with E-state index in [4.69, 9.17) is 9.15 Å². The maximum absolute atomic E-state index is 12.7. The van der Waals surface area contributed by atoms with Crippen LogP contribution in [0.4, 0.5) is 4.79 Å². The van der Waals surface area contributed by atoms with Gasteiger partial charge in [-0.2, -0.15) is 0 Å². The molecule has 1 aromatic rings. The Morgan fingerprint density at radius 1 is 1.35 bits per heavy atom. The van der Waals surface area contributed by atoms with Crippen LogP contribution in [0.15, 0.2) is 34.1 Å². The minimum Gasteiger partial charge on any atom is -0.467 e. The lowest BCUT2D eigenvalue weighted by molar-refractivity contribution is -0.139. The molecule has 2 aliphatic rings. The highest BCUT2D eigenvalue weighted by molar-refractivity contribution is 5.95. The number of esters is 1. The molecule has 2 amide bonds. The normalized spacial score (nSPS) is 27.0. The largest absolute Gasteiger partial charge is 0.467 e. The van der Waals surface area contributed by atoms with Crippen molar-refractivity contribution in [2.75, 3.05) is 26.2 Å². The molecule has 7 nitrogen and oxygen atoms in total. The van der Waals surface area contributed by atoms with E-state index in [-0.39, 0.29) is 12.6 Å². The molecule has 1 fully saturated rings. The zero-order valence-electron chi connectivity index (χ0n) is 15.6. The second-order valence-corrected chi connectivity index (χ2v) is 7.30. The third-order valence-electron chi connectivity index (χ3n) is 4.80. The first-order chi connectivity index (χ1) is 12.5. The van der Waals surface area contributed by atoms with Gasteiger partial charge >= 0.3 is 12.0 Å². The summed E-state index contributed by atoms with van der Waals surface area (Å²) in [7, 11) is 0. The van der Waals surface area contributed by atoms with Gasteiger partial charge in [0.05, 0.1) is 18.4 Å². The standard InChI is InChI=1S/C19H27N3O4/c1-4-25-18(23)16-14(11-22-9-12(2)8-13(3)10-22)20-19(24)21-17(16)15-6-5-7-26-15/h5-7,12-13,17H,4,8-11H2,1-3H3,(H2,20,21,24)/t12-,13+,17-/m1/s1. The number of furan rings is 1. The summed E-state index contributed by atoms with van der Waals surface area (Å²) in [5.41, 5.74) is 1.00. The number of hydrogen-bond donors (Lipinski definition) is 2. The van der Waals surface area contributed by atoms with E-state index in [1.54, 1.807) is 19.1 Å². The van der Waals surface area contributed by atoms with Gasteiger partial charge < -0.3 is 19.8 Å². The van der Waals surface area contributed by atoms with Gasteiger partial charge in [-0.1, -0.05) is 13.8 Å². The zero-order chi connectivity index (χ0) is 18.7. The van der Waals surface area contributed by atoms with Crippen LogP contribution in [0.25, 0.3) is 0 Å². The Bertz CT molecular complexity index is 673. The van der Waals surface area contributed by atoms with Gasteiger partial charge in [0.15, 0.2) is 0 Å². The van der Waals surface area contributed by atoms with Crippen molar-refractivity contribution in [3.63, 3.8) is 0 Å². The van der Waals surface area contributed by atoms with Crippen molar-refractivity contribution < 1.29 is 18.7 Å². The smallest absolute Gasteiger partial charge is 0.338 e. The van der Waals surface area contributed by atoms with Crippen molar-refractivity contribution in [2.45, 2.75) is 33.2 Å². The van der Waals surface area contributed by atoms with Gasteiger partial charge in [0.2, 0.25) is 0 Å². The number of rotatable bonds is 5. The van der Waals surface area contributed by atoms with Gasteiger partial charge in [-0.3, -0.25) is 4.90 Å². The molecule has 0 bridgehead atoms. The van der Waals surface area contributed by atoms with E-state index in [1.807, 2.05) is 0 Å². The lowest BCUT2D eigenvalue weighted by Gasteiger charge is -2.37. The highest BCUT2D eigenvalue weighted by Gasteiger charge is 2.36. The van der Waals surface area contributed by atoms with Crippen LogP contribution in [-0.4, -0.2) is 43.1 Å². The molecule has 2 N–H and O–H groups in total. The van der Waals surface area contributed by atoms with Crippen molar-refractivity contribution in [3.8, 4) is 0 Å². The second-order valence-electron chi connectivity index (χ2n) is 7.30. The topological polar surface area (TPSA) is 83.8 Å². The molecule has 3 heterocycles. The molecule has 1 saturated heterocycles. The number of carbonyl (C=O) groups is 2. The van der Waals surface area contributed by atoms with Crippen LogP contribution < -0.4 is 10.6 Å². The molecule has 1 aromatic heterocycles. The Balaban J connectivity index is 1.93. The molecular weight excluding hydrogens is 334 g/mol. The van der Waals surface area contributed by atoms with E-state index in [0.29, 0.717) is 35.4 Å². The number of ether oxygens (including phenoxy) is 1. The van der Waals surface area contributed by atoms with E-state index < -0.39 is 12.0 Å². The zero-order valence-corrected chi connectivity index (χ0v) is 15.6. The molecule has 0 unspecified atom stereocenters. The van der Waals surface area contributed by atoms with E-state index >= 15 is 0 Å². The number of nitrogens with one attached hydrogen (secondary N) is 2. The monoisotopic (exact) mass is 361 g/mol. The average Bonchev–Trinajstić information content (AvgIpc) is 3.07. The summed E-state index contributed by atoms with van der Waals surface area (Å²) in [6.07, 6.45) is 2.73. The van der Waals surface area contributed by atoms with Crippen molar-refractivity contribution in [3.05, 3.63) is 35.4 Å². The maximum atomic E-state index is 12.7. The summed E-state index contributed by atoms with van der Waals surface area (Å²) in [6, 6.07) is 2.50. The lowest BCUT2D eigenvalue weighted by atomic mass is 9.91. The highest BCUT2D eigenvalue weighted by atomic mass is 16.5. The van der Waals surface area contributed by atoms with Crippen molar-refractivity contribution in [2.24, 2.45) is 11.8 Å². The lowest BCUT2D eigenvalue weighted by Crippen LogP contribution is -2.50. The van der Waals surface area contributed by atoms with Gasteiger partial charge in [-0.25, -0.2) is 9.59 Å². The van der Waals surface area contributed by atoms with Crippen LogP contribution in [0.3, 0.4) is 0 Å². The average molecular weight is 361 g/mol. The third kappa shape index (κ3) is 4.09. The number of piperidine rings is 1. The Morgan fingerprint density at radius 3 is 2.69 bits per heavy atom.